The van der Waals surface area contributed by atoms with Crippen LogP contribution in [0.1, 0.15) is 10.4 Å². The van der Waals surface area contributed by atoms with Crippen LogP contribution in [0.3, 0.4) is 0 Å². The van der Waals surface area contributed by atoms with Crippen molar-refractivity contribution in [3.8, 4) is 5.75 Å². The first-order chi connectivity index (χ1) is 7.74. The Kier molecular flexibility index (Phi) is 3.51. The van der Waals surface area contributed by atoms with Gasteiger partial charge in [-0.2, -0.15) is 8.78 Å². The molecule has 0 saturated carbocycles. The van der Waals surface area contributed by atoms with Gasteiger partial charge in [-0.15, -0.1) is 0 Å². The summed E-state index contributed by atoms with van der Waals surface area (Å²) in [7, 11) is -4.84. The Bertz CT molecular complexity index is 543. The Morgan fingerprint density at radius 1 is 1.35 bits per heavy atom. The fraction of sp³-hybridized carbons (Fsp3) is 0.125. The highest BCUT2D eigenvalue weighted by Crippen LogP contribution is 2.23. The highest BCUT2D eigenvalue weighted by atomic mass is 32.2. The molecule has 0 saturated heterocycles. The van der Waals surface area contributed by atoms with Gasteiger partial charge in [-0.05, 0) is 12.1 Å². The molecule has 0 amide bonds. The van der Waals surface area contributed by atoms with E-state index in [-0.39, 0.29) is 5.69 Å². The Morgan fingerprint density at radius 3 is 2.35 bits per heavy atom. The Labute approximate surface area is 94.6 Å². The summed E-state index contributed by atoms with van der Waals surface area (Å²) in [5.41, 5.74) is -0.821. The number of hydrogen-bond acceptors (Lipinski definition) is 4. The topological polar surface area (TPSA) is 104 Å². The number of halogens is 2. The second-order valence-electron chi connectivity index (χ2n) is 2.94. The van der Waals surface area contributed by atoms with Crippen LogP contribution in [0.2, 0.25) is 0 Å². The van der Waals surface area contributed by atoms with Crippen LogP contribution in [0.25, 0.3) is 0 Å². The number of nitrogens with one attached hydrogen (secondary N) is 1. The minimum atomic E-state index is -4.84. The number of benzene rings is 1. The molecule has 1 rings (SSSR count). The summed E-state index contributed by atoms with van der Waals surface area (Å²) in [4.78, 5) is 10.5. The van der Waals surface area contributed by atoms with Crippen LogP contribution in [0.5, 0.6) is 5.75 Å². The molecule has 0 aliphatic rings. The van der Waals surface area contributed by atoms with Crippen LogP contribution in [0.4, 0.5) is 14.5 Å². The smallest absolute Gasteiger partial charge is 0.355 e. The first kappa shape index (κ1) is 13.2. The molecule has 0 bridgehead atoms. The highest BCUT2D eigenvalue weighted by molar-refractivity contribution is 7.93. The van der Waals surface area contributed by atoms with E-state index >= 15 is 0 Å². The maximum atomic E-state index is 12.0. The fourth-order valence-corrected chi connectivity index (χ4v) is 1.53. The minimum absolute atomic E-state index is 0.354. The van der Waals surface area contributed by atoms with Crippen molar-refractivity contribution >= 4 is 21.7 Å². The first-order valence-electron chi connectivity index (χ1n) is 4.10. The Morgan fingerprint density at radius 2 is 1.94 bits per heavy atom. The lowest BCUT2D eigenvalue weighted by atomic mass is 10.2. The van der Waals surface area contributed by atoms with Gasteiger partial charge in [0.25, 0.3) is 10.0 Å². The van der Waals surface area contributed by atoms with Gasteiger partial charge in [-0.3, -0.25) is 4.72 Å². The van der Waals surface area contributed by atoms with Gasteiger partial charge in [0.05, 0.1) is 5.69 Å². The van der Waals surface area contributed by atoms with Crippen LogP contribution < -0.4 is 4.72 Å². The molecule has 1 aromatic carbocycles. The molecular weight excluding hydrogens is 260 g/mol. The van der Waals surface area contributed by atoms with Crippen molar-refractivity contribution in [2.45, 2.75) is 5.76 Å². The molecule has 0 heterocycles. The molecule has 1 aromatic rings. The van der Waals surface area contributed by atoms with Crippen molar-refractivity contribution in [1.29, 1.82) is 0 Å². The number of carbonyl (C=O) groups is 1. The van der Waals surface area contributed by atoms with Crippen LogP contribution in [0.15, 0.2) is 18.2 Å². The van der Waals surface area contributed by atoms with Gasteiger partial charge in [0.2, 0.25) is 0 Å². The van der Waals surface area contributed by atoms with Gasteiger partial charge in [0, 0.05) is 6.07 Å². The zero-order valence-corrected chi connectivity index (χ0v) is 8.91. The minimum Gasteiger partial charge on any atom is -0.507 e. The summed E-state index contributed by atoms with van der Waals surface area (Å²) in [6, 6.07) is 2.56. The van der Waals surface area contributed by atoms with Crippen molar-refractivity contribution in [3.05, 3.63) is 23.8 Å². The van der Waals surface area contributed by atoms with Gasteiger partial charge < -0.3 is 10.2 Å². The monoisotopic (exact) mass is 267 g/mol. The first-order valence-corrected chi connectivity index (χ1v) is 5.65. The number of aromatic carboxylic acids is 1. The molecule has 0 aromatic heterocycles. The molecule has 0 atom stereocenters. The van der Waals surface area contributed by atoms with Crippen molar-refractivity contribution in [1.82, 2.24) is 0 Å². The number of carboxylic acids is 1. The third-order valence-electron chi connectivity index (χ3n) is 1.72. The van der Waals surface area contributed by atoms with Gasteiger partial charge in [0.15, 0.2) is 0 Å². The zero-order valence-electron chi connectivity index (χ0n) is 8.09. The summed E-state index contributed by atoms with van der Waals surface area (Å²) in [5.74, 6) is -5.78. The second kappa shape index (κ2) is 4.53. The number of sulfonamides is 1. The molecule has 0 fully saturated rings. The second-order valence-corrected chi connectivity index (χ2v) is 4.60. The standard InChI is InChI=1S/C8H7F2NO5S/c9-8(10)17(15,16)11-4-1-2-5(7(13)14)6(12)3-4/h1-3,8,11-12H,(H,13,14). The molecule has 9 heteroatoms. The van der Waals surface area contributed by atoms with Crippen LogP contribution in [-0.4, -0.2) is 30.4 Å². The Hall–Kier alpha value is -1.90. The quantitative estimate of drug-likeness (QED) is 0.756. The average Bonchev–Trinajstić information content (AvgIpc) is 2.15. The van der Waals surface area contributed by atoms with E-state index in [0.717, 1.165) is 18.2 Å². The van der Waals surface area contributed by atoms with Crippen molar-refractivity contribution in [3.63, 3.8) is 0 Å². The zero-order chi connectivity index (χ0) is 13.2. The van der Waals surface area contributed by atoms with E-state index in [2.05, 4.69) is 0 Å². The third-order valence-corrected chi connectivity index (χ3v) is 2.71. The van der Waals surface area contributed by atoms with Crippen LogP contribution in [-0.2, 0) is 10.0 Å². The van der Waals surface area contributed by atoms with Gasteiger partial charge in [0.1, 0.15) is 11.3 Å². The molecule has 94 valence electrons. The number of phenols is 1. The number of hydrogen-bond donors (Lipinski definition) is 3. The summed E-state index contributed by atoms with van der Waals surface area (Å²) in [6.45, 7) is 0. The van der Waals surface area contributed by atoms with E-state index in [4.69, 9.17) is 5.11 Å². The fourth-order valence-electron chi connectivity index (χ4n) is 0.985. The lowest BCUT2D eigenvalue weighted by molar-refractivity contribution is 0.0694. The SMILES string of the molecule is O=C(O)c1ccc(NS(=O)(=O)C(F)F)cc1O. The predicted molar refractivity (Wildman–Crippen MR) is 53.6 cm³/mol. The maximum Gasteiger partial charge on any atom is 0.355 e. The Balaban J connectivity index is 3.04. The molecule has 0 unspecified atom stereocenters. The molecule has 0 aliphatic carbocycles. The maximum absolute atomic E-state index is 12.0. The number of carboxylic acid groups (broad SMARTS) is 1. The van der Waals surface area contributed by atoms with E-state index < -0.39 is 33.1 Å². The highest BCUT2D eigenvalue weighted by Gasteiger charge is 2.24. The van der Waals surface area contributed by atoms with Gasteiger partial charge in [-0.1, -0.05) is 0 Å². The molecule has 0 aliphatic heterocycles. The summed E-state index contributed by atoms with van der Waals surface area (Å²) in [5, 5.41) is 17.8. The van der Waals surface area contributed by atoms with E-state index in [0.29, 0.717) is 0 Å². The summed E-state index contributed by atoms with van der Waals surface area (Å²) < 4.78 is 47.0. The molecule has 3 N–H and O–H groups in total. The number of anilines is 1. The lowest BCUT2D eigenvalue weighted by Gasteiger charge is -2.08. The normalized spacial score (nSPS) is 11.5. The van der Waals surface area contributed by atoms with Crippen molar-refractivity contribution < 1.29 is 32.2 Å². The van der Waals surface area contributed by atoms with Gasteiger partial charge >= 0.3 is 11.7 Å². The van der Waals surface area contributed by atoms with Gasteiger partial charge in [-0.25, -0.2) is 13.2 Å². The van der Waals surface area contributed by atoms with Crippen LogP contribution >= 0.6 is 0 Å². The van der Waals surface area contributed by atoms with Crippen molar-refractivity contribution in [2.24, 2.45) is 0 Å². The molecule has 0 spiro atoms. The summed E-state index contributed by atoms with van der Waals surface area (Å²) in [6.07, 6.45) is 0. The third kappa shape index (κ3) is 3.03. The van der Waals surface area contributed by atoms with Crippen LogP contribution in [0, 0.1) is 0 Å². The molecule has 17 heavy (non-hydrogen) atoms. The summed E-state index contributed by atoms with van der Waals surface area (Å²) >= 11 is 0. The number of alkyl halides is 2. The number of rotatable bonds is 4. The van der Waals surface area contributed by atoms with E-state index in [1.807, 2.05) is 0 Å². The van der Waals surface area contributed by atoms with E-state index in [1.54, 1.807) is 0 Å². The van der Waals surface area contributed by atoms with Crippen molar-refractivity contribution in [2.75, 3.05) is 4.72 Å². The lowest BCUT2D eigenvalue weighted by Crippen LogP contribution is -2.20. The largest absolute Gasteiger partial charge is 0.507 e. The number of aromatic hydroxyl groups is 1. The molecule has 0 radical (unpaired) electrons. The molecule has 6 nitrogen and oxygen atoms in total. The van der Waals surface area contributed by atoms with E-state index in [1.165, 1.54) is 4.72 Å². The average molecular weight is 267 g/mol. The van der Waals surface area contributed by atoms with E-state index in [9.17, 15) is 27.1 Å². The molecular formula is C8H7F2NO5S. The predicted octanol–water partition coefficient (Wildman–Crippen LogP) is 1.05.